The van der Waals surface area contributed by atoms with Crippen LogP contribution in [0.15, 0.2) is 52.8 Å². The molecule has 0 saturated heterocycles. The van der Waals surface area contributed by atoms with Gasteiger partial charge in [-0.2, -0.15) is 0 Å². The number of amides is 1. The smallest absolute Gasteiger partial charge is 0.254 e. The number of nitrogens with zero attached hydrogens (tertiary/aromatic N) is 4. The molecule has 0 fully saturated rings. The Hall–Kier alpha value is -2.87. The van der Waals surface area contributed by atoms with Crippen LogP contribution in [-0.2, 0) is 17.9 Å². The number of aryl methyl sites for hydroxylation is 1. The number of imidazole rings is 1. The number of fused-ring (bicyclic) bond motifs is 1. The van der Waals surface area contributed by atoms with Crippen molar-refractivity contribution in [2.24, 2.45) is 0 Å². The number of hydrogen-bond acceptors (Lipinski definition) is 5. The molecule has 144 valence electrons. The Morgan fingerprint density at radius 2 is 2.07 bits per heavy atom. The second kappa shape index (κ2) is 7.63. The van der Waals surface area contributed by atoms with Crippen LogP contribution in [-0.4, -0.2) is 30.8 Å². The molecule has 0 aliphatic carbocycles. The molecule has 28 heavy (non-hydrogen) atoms. The summed E-state index contributed by atoms with van der Waals surface area (Å²) in [5.41, 5.74) is 3.11. The second-order valence-electron chi connectivity index (χ2n) is 7.01. The van der Waals surface area contributed by atoms with Gasteiger partial charge in [0.2, 0.25) is 5.91 Å². The van der Waals surface area contributed by atoms with E-state index in [0.29, 0.717) is 5.69 Å². The van der Waals surface area contributed by atoms with Crippen molar-refractivity contribution in [3.05, 3.63) is 58.9 Å². The minimum atomic E-state index is -0.272. The molecule has 0 saturated carbocycles. The Kier molecular flexibility index (Phi) is 5.04. The van der Waals surface area contributed by atoms with Crippen LogP contribution in [0.2, 0.25) is 0 Å². The topological polar surface area (TPSA) is 81.8 Å². The van der Waals surface area contributed by atoms with Gasteiger partial charge in [-0.3, -0.25) is 14.2 Å². The molecule has 1 aliphatic heterocycles. The van der Waals surface area contributed by atoms with Crippen LogP contribution in [0, 0.1) is 0 Å². The summed E-state index contributed by atoms with van der Waals surface area (Å²) in [6.07, 6.45) is 3.49. The fraction of sp³-hybridized carbons (Fsp3) is 0.300. The van der Waals surface area contributed by atoms with Gasteiger partial charge in [-0.1, -0.05) is 37.7 Å². The zero-order valence-corrected chi connectivity index (χ0v) is 16.6. The first-order valence-electron chi connectivity index (χ1n) is 9.16. The molecule has 7 nitrogen and oxygen atoms in total. The predicted molar refractivity (Wildman–Crippen MR) is 110 cm³/mol. The van der Waals surface area contributed by atoms with Gasteiger partial charge in [0.25, 0.3) is 5.56 Å². The van der Waals surface area contributed by atoms with Crippen LogP contribution in [0.3, 0.4) is 0 Å². The third-order valence-corrected chi connectivity index (χ3v) is 5.54. The van der Waals surface area contributed by atoms with Crippen LogP contribution in [0.5, 0.6) is 0 Å². The molecule has 0 atom stereocenters. The zero-order valence-electron chi connectivity index (χ0n) is 15.8. The summed E-state index contributed by atoms with van der Waals surface area (Å²) < 4.78 is 3.46. The highest BCUT2D eigenvalue weighted by Crippen LogP contribution is 2.29. The molecule has 1 aliphatic rings. The average molecular weight is 395 g/mol. The number of hydrogen-bond donors (Lipinski definition) is 1. The van der Waals surface area contributed by atoms with Crippen LogP contribution in [0.4, 0.5) is 5.69 Å². The summed E-state index contributed by atoms with van der Waals surface area (Å²) >= 11 is 1.76. The van der Waals surface area contributed by atoms with E-state index in [0.717, 1.165) is 34.4 Å². The highest BCUT2D eigenvalue weighted by atomic mass is 32.2. The lowest BCUT2D eigenvalue weighted by Crippen LogP contribution is -2.28. The van der Waals surface area contributed by atoms with Gasteiger partial charge in [0.05, 0.1) is 17.7 Å². The lowest BCUT2D eigenvalue weighted by atomic mass is 10.1. The lowest BCUT2D eigenvalue weighted by molar-refractivity contribution is -0.116. The summed E-state index contributed by atoms with van der Waals surface area (Å²) in [4.78, 5) is 33.3. The number of thioether (sulfide) groups is 1. The lowest BCUT2D eigenvalue weighted by Gasteiger charge is -2.09. The number of nitrogens with one attached hydrogen (secondary N) is 1. The highest BCUT2D eigenvalue weighted by Gasteiger charge is 2.15. The summed E-state index contributed by atoms with van der Waals surface area (Å²) in [6, 6.07) is 9.03. The fourth-order valence-electron chi connectivity index (χ4n) is 3.00. The molecule has 4 rings (SSSR count). The first-order valence-corrected chi connectivity index (χ1v) is 10.1. The molecule has 8 heteroatoms. The van der Waals surface area contributed by atoms with Gasteiger partial charge < -0.3 is 9.88 Å². The zero-order chi connectivity index (χ0) is 19.7. The molecular weight excluding hydrogens is 374 g/mol. The van der Waals surface area contributed by atoms with Crippen molar-refractivity contribution in [1.29, 1.82) is 0 Å². The Morgan fingerprint density at radius 3 is 2.75 bits per heavy atom. The van der Waals surface area contributed by atoms with Crippen molar-refractivity contribution < 1.29 is 4.79 Å². The molecule has 0 radical (unpaired) electrons. The van der Waals surface area contributed by atoms with Crippen molar-refractivity contribution in [2.75, 3.05) is 11.1 Å². The van der Waals surface area contributed by atoms with Gasteiger partial charge in [-0.05, 0) is 18.1 Å². The van der Waals surface area contributed by atoms with Crippen LogP contribution < -0.4 is 10.9 Å². The van der Waals surface area contributed by atoms with E-state index in [1.165, 1.54) is 17.0 Å². The largest absolute Gasteiger partial charge is 0.325 e. The van der Waals surface area contributed by atoms with Crippen molar-refractivity contribution in [2.45, 2.75) is 38.0 Å². The molecule has 1 amide bonds. The van der Waals surface area contributed by atoms with E-state index in [4.69, 9.17) is 0 Å². The number of carbonyl (C=O) groups is 1. The van der Waals surface area contributed by atoms with Gasteiger partial charge in [0, 0.05) is 35.8 Å². The van der Waals surface area contributed by atoms with Gasteiger partial charge in [-0.15, -0.1) is 0 Å². The third kappa shape index (κ3) is 3.87. The maximum Gasteiger partial charge on any atom is 0.254 e. The van der Waals surface area contributed by atoms with Crippen LogP contribution >= 0.6 is 11.8 Å². The molecule has 1 N–H and O–H groups in total. The Morgan fingerprint density at radius 1 is 1.29 bits per heavy atom. The van der Waals surface area contributed by atoms with E-state index in [1.54, 1.807) is 11.8 Å². The number of anilines is 1. The summed E-state index contributed by atoms with van der Waals surface area (Å²) in [5, 5.41) is 3.87. The molecule has 1 aromatic carbocycles. The van der Waals surface area contributed by atoms with Gasteiger partial charge in [-0.25, -0.2) is 9.97 Å². The maximum atomic E-state index is 12.3. The molecule has 3 aromatic rings. The summed E-state index contributed by atoms with van der Waals surface area (Å²) in [5.74, 6) is 0.975. The molecule has 2 aromatic heterocycles. The average Bonchev–Trinajstić information content (AvgIpc) is 3.26. The van der Waals surface area contributed by atoms with Gasteiger partial charge in [0.15, 0.2) is 5.16 Å². The minimum absolute atomic E-state index is 0.0725. The molecule has 0 bridgehead atoms. The number of rotatable bonds is 5. The minimum Gasteiger partial charge on any atom is -0.325 e. The predicted octanol–water partition coefficient (Wildman–Crippen LogP) is 2.97. The molecular formula is C20H21N5O2S. The van der Waals surface area contributed by atoms with Crippen molar-refractivity contribution in [3.63, 3.8) is 0 Å². The van der Waals surface area contributed by atoms with E-state index < -0.39 is 0 Å². The number of benzene rings is 1. The number of carbonyl (C=O) groups excluding carboxylic acids is 1. The van der Waals surface area contributed by atoms with Crippen molar-refractivity contribution >= 4 is 23.4 Å². The Labute approximate surface area is 166 Å². The van der Waals surface area contributed by atoms with E-state index in [-0.39, 0.29) is 23.9 Å². The van der Waals surface area contributed by atoms with Gasteiger partial charge >= 0.3 is 0 Å². The summed E-state index contributed by atoms with van der Waals surface area (Å²) in [7, 11) is 0. The highest BCUT2D eigenvalue weighted by molar-refractivity contribution is 7.99. The first-order chi connectivity index (χ1) is 13.5. The Balaban J connectivity index is 1.41. The van der Waals surface area contributed by atoms with E-state index in [9.17, 15) is 9.59 Å². The normalized spacial score (nSPS) is 13.0. The van der Waals surface area contributed by atoms with Crippen LogP contribution in [0.25, 0.3) is 11.3 Å². The summed E-state index contributed by atoms with van der Waals surface area (Å²) in [6.45, 7) is 4.86. The third-order valence-electron chi connectivity index (χ3n) is 4.57. The van der Waals surface area contributed by atoms with Crippen LogP contribution in [0.1, 0.15) is 25.5 Å². The van der Waals surface area contributed by atoms with Crippen molar-refractivity contribution in [3.8, 4) is 11.3 Å². The molecule has 0 spiro atoms. The van der Waals surface area contributed by atoms with E-state index in [2.05, 4.69) is 26.0 Å². The molecule has 3 heterocycles. The fourth-order valence-corrected chi connectivity index (χ4v) is 3.95. The maximum absolute atomic E-state index is 12.3. The van der Waals surface area contributed by atoms with E-state index >= 15 is 0 Å². The SMILES string of the molecule is CC(C)c1cc(=O)n(CC(=O)Nc2ccc(-c3cn4c(n3)SCC4)cc2)cn1. The monoisotopic (exact) mass is 395 g/mol. The molecule has 0 unspecified atom stereocenters. The van der Waals surface area contributed by atoms with Gasteiger partial charge in [0.1, 0.15) is 6.54 Å². The first kappa shape index (κ1) is 18.5. The van der Waals surface area contributed by atoms with E-state index in [1.807, 2.05) is 38.1 Å². The van der Waals surface area contributed by atoms with Crippen molar-refractivity contribution in [1.82, 2.24) is 19.1 Å². The quantitative estimate of drug-likeness (QED) is 0.718. The number of aromatic nitrogens is 4. The Bertz CT molecular complexity index is 1050. The standard InChI is InChI=1S/C20H21N5O2S/c1-13(2)16-9-19(27)25(12-21-16)11-18(26)22-15-5-3-14(4-6-15)17-10-24-7-8-28-20(24)23-17/h3-6,9-10,12-13H,7-8,11H2,1-2H3,(H,22,26). The second-order valence-corrected chi connectivity index (χ2v) is 8.07.